The van der Waals surface area contributed by atoms with Gasteiger partial charge in [0.1, 0.15) is 30.3 Å². The molecule has 0 aromatic heterocycles. The van der Waals surface area contributed by atoms with E-state index in [9.17, 15) is 9.59 Å². The number of esters is 2. The van der Waals surface area contributed by atoms with Crippen molar-refractivity contribution >= 4 is 23.6 Å². The summed E-state index contributed by atoms with van der Waals surface area (Å²) in [6, 6.07) is 13.2. The molecule has 0 unspecified atom stereocenters. The van der Waals surface area contributed by atoms with Crippen LogP contribution in [0.4, 0.5) is 0 Å². The van der Waals surface area contributed by atoms with E-state index in [1.165, 1.54) is 0 Å². The van der Waals surface area contributed by atoms with Crippen LogP contribution in [0.2, 0.25) is 0 Å². The molecular formula is C33H36O7. The minimum Gasteiger partial charge on any atom is -0.497 e. The fraction of sp³-hybridized carbons (Fsp3) is 0.394. The fourth-order valence-corrected chi connectivity index (χ4v) is 5.59. The first-order chi connectivity index (χ1) is 19.2. The molecule has 2 saturated heterocycles. The Morgan fingerprint density at radius 3 is 2.65 bits per heavy atom. The Morgan fingerprint density at radius 2 is 1.93 bits per heavy atom. The van der Waals surface area contributed by atoms with E-state index in [1.54, 1.807) is 26.4 Å². The van der Waals surface area contributed by atoms with Crippen LogP contribution in [-0.4, -0.2) is 50.6 Å². The van der Waals surface area contributed by atoms with Gasteiger partial charge < -0.3 is 23.7 Å². The number of allylic oxidation sites excluding steroid dienone is 1. The lowest BCUT2D eigenvalue weighted by molar-refractivity contribution is -0.140. The summed E-state index contributed by atoms with van der Waals surface area (Å²) in [5, 5.41) is 0. The highest BCUT2D eigenvalue weighted by Crippen LogP contribution is 2.49. The molecule has 1 aliphatic carbocycles. The second-order valence-electron chi connectivity index (χ2n) is 10.9. The van der Waals surface area contributed by atoms with Crippen LogP contribution in [0.15, 0.2) is 66.3 Å². The molecule has 2 fully saturated rings. The summed E-state index contributed by atoms with van der Waals surface area (Å²) in [6.45, 7) is 8.20. The Labute approximate surface area is 235 Å². The molecule has 2 heterocycles. The molecule has 0 spiro atoms. The summed E-state index contributed by atoms with van der Waals surface area (Å²) in [4.78, 5) is 25.9. The van der Waals surface area contributed by atoms with Gasteiger partial charge >= 0.3 is 11.9 Å². The molecule has 7 heteroatoms. The predicted octanol–water partition coefficient (Wildman–Crippen LogP) is 5.85. The lowest BCUT2D eigenvalue weighted by Crippen LogP contribution is -2.29. The van der Waals surface area contributed by atoms with E-state index >= 15 is 0 Å². The Morgan fingerprint density at radius 1 is 1.15 bits per heavy atom. The molecule has 7 nitrogen and oxygen atoms in total. The van der Waals surface area contributed by atoms with Gasteiger partial charge in [0, 0.05) is 17.1 Å². The maximum absolute atomic E-state index is 13.6. The van der Waals surface area contributed by atoms with Crippen LogP contribution in [0.1, 0.15) is 49.3 Å². The summed E-state index contributed by atoms with van der Waals surface area (Å²) in [6.07, 6.45) is 6.44. The fourth-order valence-electron chi connectivity index (χ4n) is 5.59. The first kappa shape index (κ1) is 27.7. The van der Waals surface area contributed by atoms with Gasteiger partial charge in [-0.1, -0.05) is 42.5 Å². The van der Waals surface area contributed by atoms with Gasteiger partial charge in [-0.15, -0.1) is 0 Å². The van der Waals surface area contributed by atoms with E-state index in [1.807, 2.05) is 43.3 Å². The summed E-state index contributed by atoms with van der Waals surface area (Å²) in [7, 11) is 3.19. The van der Waals surface area contributed by atoms with Gasteiger partial charge in [0.2, 0.25) is 0 Å². The second-order valence-corrected chi connectivity index (χ2v) is 10.9. The van der Waals surface area contributed by atoms with E-state index in [0.29, 0.717) is 41.1 Å². The number of fused-ring (bicyclic) bond motifs is 3. The topological polar surface area (TPSA) is 83.6 Å². The molecule has 210 valence electrons. The number of methoxy groups -OCH3 is 2. The van der Waals surface area contributed by atoms with E-state index in [4.69, 9.17) is 23.7 Å². The minimum absolute atomic E-state index is 0.0933. The average Bonchev–Trinajstić information content (AvgIpc) is 3.55. The van der Waals surface area contributed by atoms with Gasteiger partial charge in [0.05, 0.1) is 25.4 Å². The lowest BCUT2D eigenvalue weighted by atomic mass is 9.84. The van der Waals surface area contributed by atoms with Crippen molar-refractivity contribution in [2.45, 2.75) is 57.3 Å². The first-order valence-electron chi connectivity index (χ1n) is 13.7. The highest BCUT2D eigenvalue weighted by Gasteiger charge is 2.61. The number of benzene rings is 2. The lowest BCUT2D eigenvalue weighted by Gasteiger charge is -2.20. The summed E-state index contributed by atoms with van der Waals surface area (Å²) in [5.74, 6) is 0.376. The highest BCUT2D eigenvalue weighted by atomic mass is 16.6. The second kappa shape index (κ2) is 11.3. The van der Waals surface area contributed by atoms with E-state index < -0.39 is 5.97 Å². The standard InChI is InChI=1S/C33H36O7/c1-20-8-11-23(12-9-20)27(18-24-17-25(36-4)13-15-28(24)37-5)32(35)38-19-22-7-6-16-33(3)30(40-33)29-26(14-10-22)21(2)31(34)39-29/h7-9,11-13,15,17-18,26,29-30H,2,6,10,14,16,19H2,1,3-5H3/b22-7+,27-18+/t26-,29-,30-,33+/m0/s1. The zero-order valence-corrected chi connectivity index (χ0v) is 23.5. The van der Waals surface area contributed by atoms with Crippen molar-refractivity contribution in [3.05, 3.63) is 83.0 Å². The molecule has 4 atom stereocenters. The van der Waals surface area contributed by atoms with Crippen LogP contribution in [0, 0.1) is 12.8 Å². The third-order valence-corrected chi connectivity index (χ3v) is 8.15. The minimum atomic E-state index is -0.439. The maximum atomic E-state index is 13.6. The molecule has 40 heavy (non-hydrogen) atoms. The predicted molar refractivity (Wildman–Crippen MR) is 152 cm³/mol. The molecule has 0 bridgehead atoms. The highest BCUT2D eigenvalue weighted by molar-refractivity contribution is 6.21. The van der Waals surface area contributed by atoms with Crippen LogP contribution < -0.4 is 9.47 Å². The van der Waals surface area contributed by atoms with Crippen molar-refractivity contribution < 1.29 is 33.3 Å². The Kier molecular flexibility index (Phi) is 7.86. The zero-order chi connectivity index (χ0) is 28.4. The number of rotatable bonds is 7. The van der Waals surface area contributed by atoms with Crippen LogP contribution in [0.3, 0.4) is 0 Å². The Balaban J connectivity index is 1.38. The maximum Gasteiger partial charge on any atom is 0.339 e. The zero-order valence-electron chi connectivity index (χ0n) is 23.5. The molecular weight excluding hydrogens is 508 g/mol. The molecule has 0 radical (unpaired) electrons. The number of hydrogen-bond acceptors (Lipinski definition) is 7. The molecule has 2 aromatic carbocycles. The van der Waals surface area contributed by atoms with Crippen molar-refractivity contribution in [3.8, 4) is 11.5 Å². The molecule has 3 aliphatic rings. The van der Waals surface area contributed by atoms with Crippen molar-refractivity contribution in [2.24, 2.45) is 5.92 Å². The van der Waals surface area contributed by atoms with E-state index in [-0.39, 0.29) is 36.3 Å². The quantitative estimate of drug-likeness (QED) is 0.142. The molecule has 5 rings (SSSR count). The van der Waals surface area contributed by atoms with Crippen molar-refractivity contribution in [1.82, 2.24) is 0 Å². The SMILES string of the molecule is C=C1C(=O)O[C@H]2[C@H]1CC/C(COC(=O)/C(=C/c1cc(OC)ccc1OC)c1ccc(C)cc1)=C\CC[C@@]1(C)O[C@@H]21. The largest absolute Gasteiger partial charge is 0.497 e. The van der Waals surface area contributed by atoms with Gasteiger partial charge in [-0.2, -0.15) is 0 Å². The van der Waals surface area contributed by atoms with Crippen LogP contribution in [0.25, 0.3) is 11.6 Å². The number of hydrogen-bond donors (Lipinski definition) is 0. The summed E-state index contributed by atoms with van der Waals surface area (Å²) >= 11 is 0. The van der Waals surface area contributed by atoms with Crippen LogP contribution in [0.5, 0.6) is 11.5 Å². The van der Waals surface area contributed by atoms with Gasteiger partial charge in [-0.25, -0.2) is 9.59 Å². The third kappa shape index (κ3) is 5.70. The van der Waals surface area contributed by atoms with Gasteiger partial charge in [0.25, 0.3) is 0 Å². The smallest absolute Gasteiger partial charge is 0.339 e. The first-order valence-corrected chi connectivity index (χ1v) is 13.7. The molecule has 0 saturated carbocycles. The molecule has 0 N–H and O–H groups in total. The van der Waals surface area contributed by atoms with E-state index in [0.717, 1.165) is 29.5 Å². The van der Waals surface area contributed by atoms with Gasteiger partial charge in [-0.3, -0.25) is 0 Å². The Hall–Kier alpha value is -3.84. The summed E-state index contributed by atoms with van der Waals surface area (Å²) < 4.78 is 28.5. The van der Waals surface area contributed by atoms with Crippen LogP contribution in [-0.2, 0) is 23.8 Å². The third-order valence-electron chi connectivity index (χ3n) is 8.15. The Bertz CT molecular complexity index is 1370. The number of carbonyl (C=O) groups is 2. The number of aryl methyl sites for hydroxylation is 1. The van der Waals surface area contributed by atoms with Crippen LogP contribution >= 0.6 is 0 Å². The molecule has 2 aliphatic heterocycles. The summed E-state index contributed by atoms with van der Waals surface area (Å²) in [5.41, 5.74) is 4.13. The van der Waals surface area contributed by atoms with E-state index in [2.05, 4.69) is 19.6 Å². The number of carbonyl (C=O) groups excluding carboxylic acids is 2. The number of epoxide rings is 1. The van der Waals surface area contributed by atoms with Crippen molar-refractivity contribution in [1.29, 1.82) is 0 Å². The average molecular weight is 545 g/mol. The van der Waals surface area contributed by atoms with Crippen molar-refractivity contribution in [2.75, 3.05) is 20.8 Å². The number of ether oxygens (including phenoxy) is 5. The van der Waals surface area contributed by atoms with Gasteiger partial charge in [-0.05, 0) is 74.9 Å². The normalized spacial score (nSPS) is 27.4. The van der Waals surface area contributed by atoms with Gasteiger partial charge in [0.15, 0.2) is 0 Å². The molecule has 0 amide bonds. The molecule has 2 aromatic rings. The van der Waals surface area contributed by atoms with Crippen molar-refractivity contribution in [3.63, 3.8) is 0 Å². The monoisotopic (exact) mass is 544 g/mol.